The van der Waals surface area contributed by atoms with Gasteiger partial charge in [-0.3, -0.25) is 4.79 Å². The molecule has 1 heterocycles. The number of halogens is 3. The lowest BCUT2D eigenvalue weighted by molar-refractivity contribution is -0.137. The molecule has 0 aliphatic rings. The van der Waals surface area contributed by atoms with Crippen LogP contribution in [0.5, 0.6) is 0 Å². The summed E-state index contributed by atoms with van der Waals surface area (Å²) in [6.45, 7) is 0. The van der Waals surface area contributed by atoms with Gasteiger partial charge in [0.15, 0.2) is 0 Å². The van der Waals surface area contributed by atoms with E-state index >= 15 is 0 Å². The molecular weight excluding hydrogens is 413 g/mol. The summed E-state index contributed by atoms with van der Waals surface area (Å²) in [6.07, 6.45) is -3.42. The molecule has 156 valence electrons. The second-order valence-corrected chi connectivity index (χ2v) is 6.29. The van der Waals surface area contributed by atoms with Gasteiger partial charge in [0.1, 0.15) is 23.2 Å². The van der Waals surface area contributed by atoms with Gasteiger partial charge in [-0.2, -0.15) is 18.4 Å². The molecule has 1 amide bonds. The Bertz CT molecular complexity index is 1200. The van der Waals surface area contributed by atoms with Crippen molar-refractivity contribution in [3.8, 4) is 17.4 Å². The van der Waals surface area contributed by atoms with Gasteiger partial charge in [0.25, 0.3) is 5.91 Å². The summed E-state index contributed by atoms with van der Waals surface area (Å²) < 4.78 is 44.0. The monoisotopic (exact) mass is 426 g/mol. The molecule has 0 unspecified atom stereocenters. The molecule has 3 aromatic rings. The number of nitrogens with zero attached hydrogens (tertiary/aromatic N) is 1. The molecule has 3 rings (SSSR count). The normalized spacial score (nSPS) is 11.6. The SMILES string of the molecule is N#C/C(=C\c1ccc(-c2ccc(C(=O)O)cc2)o1)C(=O)Nc1cccc(C(F)(F)F)c1. The third-order valence-electron chi connectivity index (χ3n) is 4.14. The van der Waals surface area contributed by atoms with Gasteiger partial charge in [-0.05, 0) is 42.5 Å². The number of amides is 1. The highest BCUT2D eigenvalue weighted by Crippen LogP contribution is 2.31. The predicted octanol–water partition coefficient (Wildman–Crippen LogP) is 5.21. The van der Waals surface area contributed by atoms with Crippen LogP contribution >= 0.6 is 0 Å². The molecule has 0 bridgehead atoms. The fourth-order valence-electron chi connectivity index (χ4n) is 2.63. The maximum absolute atomic E-state index is 12.8. The average molecular weight is 426 g/mol. The zero-order chi connectivity index (χ0) is 22.6. The van der Waals surface area contributed by atoms with Crippen molar-refractivity contribution in [3.63, 3.8) is 0 Å². The Labute approximate surface area is 173 Å². The van der Waals surface area contributed by atoms with Gasteiger partial charge in [-0.15, -0.1) is 0 Å². The first-order valence-electron chi connectivity index (χ1n) is 8.71. The maximum Gasteiger partial charge on any atom is 0.416 e. The van der Waals surface area contributed by atoms with Crippen LogP contribution in [0.1, 0.15) is 21.7 Å². The number of furan rings is 1. The molecule has 0 saturated carbocycles. The lowest BCUT2D eigenvalue weighted by Crippen LogP contribution is -2.14. The van der Waals surface area contributed by atoms with E-state index in [9.17, 15) is 28.0 Å². The zero-order valence-electron chi connectivity index (χ0n) is 15.6. The van der Waals surface area contributed by atoms with Gasteiger partial charge < -0.3 is 14.8 Å². The topological polar surface area (TPSA) is 103 Å². The van der Waals surface area contributed by atoms with Gasteiger partial charge in [-0.1, -0.05) is 18.2 Å². The fourth-order valence-corrected chi connectivity index (χ4v) is 2.63. The van der Waals surface area contributed by atoms with E-state index in [1.165, 1.54) is 24.3 Å². The smallest absolute Gasteiger partial charge is 0.416 e. The second-order valence-electron chi connectivity index (χ2n) is 6.29. The molecule has 0 fully saturated rings. The van der Waals surface area contributed by atoms with Gasteiger partial charge >= 0.3 is 12.1 Å². The first kappa shape index (κ1) is 21.4. The molecule has 2 aromatic carbocycles. The summed E-state index contributed by atoms with van der Waals surface area (Å²) in [6, 6.07) is 14.7. The summed E-state index contributed by atoms with van der Waals surface area (Å²) in [5, 5.41) is 20.5. The van der Waals surface area contributed by atoms with Crippen LogP contribution in [0.4, 0.5) is 18.9 Å². The van der Waals surface area contributed by atoms with E-state index in [4.69, 9.17) is 9.52 Å². The van der Waals surface area contributed by atoms with Crippen molar-refractivity contribution in [1.82, 2.24) is 0 Å². The van der Waals surface area contributed by atoms with Crippen molar-refractivity contribution in [2.24, 2.45) is 0 Å². The lowest BCUT2D eigenvalue weighted by atomic mass is 10.1. The first-order chi connectivity index (χ1) is 14.7. The molecule has 9 heteroatoms. The molecule has 2 N–H and O–H groups in total. The number of benzene rings is 2. The Balaban J connectivity index is 1.78. The van der Waals surface area contributed by atoms with Crippen molar-refractivity contribution < 1.29 is 32.3 Å². The van der Waals surface area contributed by atoms with Gasteiger partial charge in [0.2, 0.25) is 0 Å². The average Bonchev–Trinajstić information content (AvgIpc) is 3.20. The van der Waals surface area contributed by atoms with Crippen LogP contribution in [0.15, 0.2) is 70.7 Å². The minimum absolute atomic E-state index is 0.105. The van der Waals surface area contributed by atoms with Gasteiger partial charge in [0, 0.05) is 17.3 Å². The number of hydrogen-bond acceptors (Lipinski definition) is 4. The second kappa shape index (κ2) is 8.59. The Hall–Kier alpha value is -4.32. The first-order valence-corrected chi connectivity index (χ1v) is 8.71. The number of aromatic carboxylic acids is 1. The van der Waals surface area contributed by atoms with Crippen LogP contribution in [-0.2, 0) is 11.0 Å². The third-order valence-corrected chi connectivity index (χ3v) is 4.14. The number of rotatable bonds is 5. The highest BCUT2D eigenvalue weighted by Gasteiger charge is 2.30. The molecule has 0 atom stereocenters. The number of carboxylic acids is 1. The quantitative estimate of drug-likeness (QED) is 0.431. The molecular formula is C22H13F3N2O4. The van der Waals surface area contributed by atoms with E-state index in [-0.39, 0.29) is 22.6 Å². The molecule has 0 spiro atoms. The minimum atomic E-state index is -4.57. The lowest BCUT2D eigenvalue weighted by Gasteiger charge is -2.09. The fraction of sp³-hybridized carbons (Fsp3) is 0.0455. The Morgan fingerprint density at radius 3 is 2.39 bits per heavy atom. The summed E-state index contributed by atoms with van der Waals surface area (Å²) in [7, 11) is 0. The van der Waals surface area contributed by atoms with Crippen LogP contribution in [-0.4, -0.2) is 17.0 Å². The van der Waals surface area contributed by atoms with Crippen LogP contribution in [0.2, 0.25) is 0 Å². The molecule has 1 aromatic heterocycles. The highest BCUT2D eigenvalue weighted by atomic mass is 19.4. The van der Waals surface area contributed by atoms with Crippen LogP contribution in [0.3, 0.4) is 0 Å². The predicted molar refractivity (Wildman–Crippen MR) is 105 cm³/mol. The van der Waals surface area contributed by atoms with E-state index in [2.05, 4.69) is 5.32 Å². The van der Waals surface area contributed by atoms with Gasteiger partial charge in [0.05, 0.1) is 11.1 Å². The third kappa shape index (κ3) is 5.19. The van der Waals surface area contributed by atoms with E-state index in [1.54, 1.807) is 24.3 Å². The summed E-state index contributed by atoms with van der Waals surface area (Å²) in [4.78, 5) is 23.2. The molecule has 6 nitrogen and oxygen atoms in total. The number of anilines is 1. The Kier molecular flexibility index (Phi) is 5.93. The zero-order valence-corrected chi connectivity index (χ0v) is 15.6. The summed E-state index contributed by atoms with van der Waals surface area (Å²) in [5.74, 6) is -1.43. The van der Waals surface area contributed by atoms with Crippen LogP contribution in [0, 0.1) is 11.3 Å². The molecule has 0 aliphatic carbocycles. The number of carbonyl (C=O) groups is 2. The van der Waals surface area contributed by atoms with Gasteiger partial charge in [-0.25, -0.2) is 4.79 Å². The van der Waals surface area contributed by atoms with E-state index in [0.29, 0.717) is 11.3 Å². The van der Waals surface area contributed by atoms with Crippen molar-refractivity contribution in [3.05, 3.63) is 83.1 Å². The molecule has 0 aliphatic heterocycles. The van der Waals surface area contributed by atoms with Crippen molar-refractivity contribution >= 4 is 23.6 Å². The Morgan fingerprint density at radius 1 is 1.06 bits per heavy atom. The van der Waals surface area contributed by atoms with E-state index in [0.717, 1.165) is 24.3 Å². The highest BCUT2D eigenvalue weighted by molar-refractivity contribution is 6.09. The van der Waals surface area contributed by atoms with Crippen LogP contribution in [0.25, 0.3) is 17.4 Å². The van der Waals surface area contributed by atoms with Crippen molar-refractivity contribution in [1.29, 1.82) is 5.26 Å². The standard InChI is InChI=1S/C22H13F3N2O4/c23-22(24,25)16-2-1-3-17(11-16)27-20(28)15(12-26)10-18-8-9-19(31-18)13-4-6-14(7-5-13)21(29)30/h1-11H,(H,27,28)(H,29,30)/b15-10+. The minimum Gasteiger partial charge on any atom is -0.478 e. The number of carbonyl (C=O) groups excluding carboxylic acids is 1. The van der Waals surface area contributed by atoms with Crippen molar-refractivity contribution in [2.45, 2.75) is 6.18 Å². The maximum atomic E-state index is 12.8. The molecule has 0 radical (unpaired) electrons. The Morgan fingerprint density at radius 2 is 1.77 bits per heavy atom. The number of nitriles is 1. The summed E-state index contributed by atoms with van der Waals surface area (Å²) >= 11 is 0. The number of nitrogens with one attached hydrogen (secondary N) is 1. The van der Waals surface area contributed by atoms with E-state index < -0.39 is 23.6 Å². The molecule has 31 heavy (non-hydrogen) atoms. The number of hydrogen-bond donors (Lipinski definition) is 2. The number of carboxylic acid groups (broad SMARTS) is 1. The largest absolute Gasteiger partial charge is 0.478 e. The molecule has 0 saturated heterocycles. The van der Waals surface area contributed by atoms with E-state index in [1.807, 2.05) is 0 Å². The van der Waals surface area contributed by atoms with Crippen molar-refractivity contribution in [2.75, 3.05) is 5.32 Å². The summed E-state index contributed by atoms with van der Waals surface area (Å²) in [5.41, 5.74) is -0.735. The van der Waals surface area contributed by atoms with Crippen LogP contribution < -0.4 is 5.32 Å². The number of alkyl halides is 3.